The first-order chi connectivity index (χ1) is 12.3. The maximum Gasteiger partial charge on any atom is 0.416 e. The molecule has 0 aromatic heterocycles. The molecule has 0 radical (unpaired) electrons. The summed E-state index contributed by atoms with van der Waals surface area (Å²) in [5.41, 5.74) is -1.12. The van der Waals surface area contributed by atoms with Gasteiger partial charge in [0.25, 0.3) is 0 Å². The molecule has 2 N–H and O–H groups in total. The van der Waals surface area contributed by atoms with E-state index >= 15 is 0 Å². The minimum Gasteiger partial charge on any atom is -0.353 e. The summed E-state index contributed by atoms with van der Waals surface area (Å²) < 4.78 is 51.5. The van der Waals surface area contributed by atoms with Gasteiger partial charge in [-0.15, -0.1) is 0 Å². The SMILES string of the molecule is O=C1NCCN2CCN(C(=O)NCc3ccc(C(F)(F)F)cc3F)C[C@H]12. The van der Waals surface area contributed by atoms with Crippen LogP contribution in [0.25, 0.3) is 0 Å². The van der Waals surface area contributed by atoms with E-state index in [9.17, 15) is 27.2 Å². The monoisotopic (exact) mass is 374 g/mol. The van der Waals surface area contributed by atoms with Gasteiger partial charge >= 0.3 is 12.2 Å². The first-order valence-electron chi connectivity index (χ1n) is 8.16. The van der Waals surface area contributed by atoms with Gasteiger partial charge in [-0.3, -0.25) is 9.69 Å². The summed E-state index contributed by atoms with van der Waals surface area (Å²) >= 11 is 0. The minimum absolute atomic E-state index is 0.0413. The van der Waals surface area contributed by atoms with Crippen molar-refractivity contribution in [2.45, 2.75) is 18.8 Å². The highest BCUT2D eigenvalue weighted by molar-refractivity contribution is 5.84. The molecule has 2 fully saturated rings. The fourth-order valence-corrected chi connectivity index (χ4v) is 3.11. The second kappa shape index (κ2) is 7.10. The lowest BCUT2D eigenvalue weighted by atomic mass is 10.1. The van der Waals surface area contributed by atoms with Gasteiger partial charge in [-0.2, -0.15) is 13.2 Å². The Hall–Kier alpha value is -2.36. The summed E-state index contributed by atoms with van der Waals surface area (Å²) in [5, 5.41) is 5.24. The average Bonchev–Trinajstić information content (AvgIpc) is 2.59. The van der Waals surface area contributed by atoms with Crippen molar-refractivity contribution in [3.63, 3.8) is 0 Å². The van der Waals surface area contributed by atoms with Crippen molar-refractivity contribution in [2.75, 3.05) is 32.7 Å². The van der Waals surface area contributed by atoms with Crippen LogP contribution >= 0.6 is 0 Å². The lowest BCUT2D eigenvalue weighted by Crippen LogP contribution is -2.65. The molecule has 2 saturated heterocycles. The Bertz CT molecular complexity index is 710. The zero-order valence-electron chi connectivity index (χ0n) is 13.8. The van der Waals surface area contributed by atoms with Crippen molar-refractivity contribution >= 4 is 11.9 Å². The summed E-state index contributed by atoms with van der Waals surface area (Å²) in [4.78, 5) is 27.6. The maximum atomic E-state index is 13.8. The number of hydrogen-bond acceptors (Lipinski definition) is 3. The second-order valence-corrected chi connectivity index (χ2v) is 6.25. The minimum atomic E-state index is -4.62. The van der Waals surface area contributed by atoms with Crippen LogP contribution in [0, 0.1) is 5.82 Å². The number of benzene rings is 1. The molecule has 142 valence electrons. The molecule has 26 heavy (non-hydrogen) atoms. The third-order valence-corrected chi connectivity index (χ3v) is 4.59. The van der Waals surface area contributed by atoms with Crippen molar-refractivity contribution in [1.29, 1.82) is 0 Å². The van der Waals surface area contributed by atoms with Gasteiger partial charge in [-0.25, -0.2) is 9.18 Å². The van der Waals surface area contributed by atoms with E-state index in [1.165, 1.54) is 4.90 Å². The molecule has 3 amide bonds. The van der Waals surface area contributed by atoms with E-state index in [4.69, 9.17) is 0 Å². The molecular formula is C16H18F4N4O2. The molecule has 0 saturated carbocycles. The Morgan fingerprint density at radius 2 is 2.04 bits per heavy atom. The molecule has 2 aliphatic heterocycles. The standard InChI is InChI=1S/C16H18F4N4O2/c17-12-7-11(16(18,19)20)2-1-10(12)8-22-15(26)24-6-5-23-4-3-21-14(25)13(23)9-24/h1-2,7,13H,3-6,8-9H2,(H,21,25)(H,22,26)/t13-/m1/s1. The zero-order chi connectivity index (χ0) is 18.9. The first-order valence-corrected chi connectivity index (χ1v) is 8.16. The molecule has 1 aromatic carbocycles. The van der Waals surface area contributed by atoms with Gasteiger partial charge in [0.1, 0.15) is 11.9 Å². The molecule has 0 bridgehead atoms. The quantitative estimate of drug-likeness (QED) is 0.764. The van der Waals surface area contributed by atoms with E-state index < -0.39 is 29.6 Å². The van der Waals surface area contributed by atoms with E-state index in [0.717, 1.165) is 18.7 Å². The number of carbonyl (C=O) groups excluding carboxylic acids is 2. The smallest absolute Gasteiger partial charge is 0.353 e. The number of amides is 3. The highest BCUT2D eigenvalue weighted by Gasteiger charge is 2.36. The number of halogens is 4. The largest absolute Gasteiger partial charge is 0.416 e. The summed E-state index contributed by atoms with van der Waals surface area (Å²) in [5.74, 6) is -1.17. The third kappa shape index (κ3) is 3.90. The van der Waals surface area contributed by atoms with Crippen molar-refractivity contribution in [1.82, 2.24) is 20.4 Å². The van der Waals surface area contributed by atoms with Gasteiger partial charge < -0.3 is 15.5 Å². The first kappa shape index (κ1) is 18.4. The number of nitrogens with one attached hydrogen (secondary N) is 2. The van der Waals surface area contributed by atoms with E-state index in [-0.39, 0.29) is 24.6 Å². The Morgan fingerprint density at radius 3 is 2.73 bits per heavy atom. The highest BCUT2D eigenvalue weighted by atomic mass is 19.4. The van der Waals surface area contributed by atoms with E-state index in [1.54, 1.807) is 0 Å². The van der Waals surface area contributed by atoms with Crippen molar-refractivity contribution in [3.05, 3.63) is 35.1 Å². The topological polar surface area (TPSA) is 64.7 Å². The van der Waals surface area contributed by atoms with Crippen LogP contribution in [0.15, 0.2) is 18.2 Å². The van der Waals surface area contributed by atoms with Crippen LogP contribution in [0.1, 0.15) is 11.1 Å². The Morgan fingerprint density at radius 1 is 1.27 bits per heavy atom. The van der Waals surface area contributed by atoms with Gasteiger partial charge in [0, 0.05) is 44.8 Å². The lowest BCUT2D eigenvalue weighted by Gasteiger charge is -2.42. The van der Waals surface area contributed by atoms with Crippen molar-refractivity contribution in [2.24, 2.45) is 0 Å². The van der Waals surface area contributed by atoms with E-state index in [0.29, 0.717) is 25.7 Å². The fraction of sp³-hybridized carbons (Fsp3) is 0.500. The molecular weight excluding hydrogens is 356 g/mol. The van der Waals surface area contributed by atoms with Crippen LogP contribution in [-0.2, 0) is 17.5 Å². The number of urea groups is 1. The number of fused-ring (bicyclic) bond motifs is 1. The Labute approximate surface area is 147 Å². The average molecular weight is 374 g/mol. The summed E-state index contributed by atoms with van der Waals surface area (Å²) in [6.45, 7) is 2.26. The van der Waals surface area contributed by atoms with E-state index in [2.05, 4.69) is 10.6 Å². The Balaban J connectivity index is 1.58. The predicted molar refractivity (Wildman–Crippen MR) is 83.6 cm³/mol. The van der Waals surface area contributed by atoms with Gasteiger partial charge in [0.15, 0.2) is 0 Å². The molecule has 1 aromatic rings. The molecule has 2 aliphatic rings. The van der Waals surface area contributed by atoms with Crippen LogP contribution in [0.4, 0.5) is 22.4 Å². The number of piperazine rings is 2. The molecule has 0 unspecified atom stereocenters. The molecule has 6 nitrogen and oxygen atoms in total. The van der Waals surface area contributed by atoms with Crippen molar-refractivity contribution < 1.29 is 27.2 Å². The number of carbonyl (C=O) groups is 2. The van der Waals surface area contributed by atoms with E-state index in [1.807, 2.05) is 4.90 Å². The van der Waals surface area contributed by atoms with Gasteiger partial charge in [0.05, 0.1) is 5.56 Å². The predicted octanol–water partition coefficient (Wildman–Crippen LogP) is 1.17. The molecule has 2 heterocycles. The van der Waals surface area contributed by atoms with Crippen molar-refractivity contribution in [3.8, 4) is 0 Å². The van der Waals surface area contributed by atoms with Gasteiger partial charge in [0.2, 0.25) is 5.91 Å². The number of rotatable bonds is 2. The molecule has 10 heteroatoms. The second-order valence-electron chi connectivity index (χ2n) is 6.25. The maximum absolute atomic E-state index is 13.8. The fourth-order valence-electron chi connectivity index (χ4n) is 3.11. The molecule has 1 atom stereocenters. The summed E-state index contributed by atoms with van der Waals surface area (Å²) in [6, 6.07) is 1.29. The van der Waals surface area contributed by atoms with Crippen LogP contribution < -0.4 is 10.6 Å². The molecule has 0 aliphatic carbocycles. The van der Waals surface area contributed by atoms with Gasteiger partial charge in [-0.05, 0) is 12.1 Å². The van der Waals surface area contributed by atoms with Crippen LogP contribution in [0.3, 0.4) is 0 Å². The lowest BCUT2D eigenvalue weighted by molar-refractivity contribution is -0.137. The molecule has 0 spiro atoms. The van der Waals surface area contributed by atoms with Gasteiger partial charge in [-0.1, -0.05) is 6.07 Å². The Kier molecular flexibility index (Phi) is 5.03. The zero-order valence-corrected chi connectivity index (χ0v) is 13.8. The third-order valence-electron chi connectivity index (χ3n) is 4.59. The summed E-state index contributed by atoms with van der Waals surface area (Å²) in [7, 11) is 0. The number of alkyl halides is 3. The highest BCUT2D eigenvalue weighted by Crippen LogP contribution is 2.30. The van der Waals surface area contributed by atoms with Crippen LogP contribution in [0.2, 0.25) is 0 Å². The van der Waals surface area contributed by atoms with Crippen LogP contribution in [-0.4, -0.2) is 60.5 Å². The number of nitrogens with zero attached hydrogens (tertiary/aromatic N) is 2. The van der Waals surface area contributed by atoms with Crippen LogP contribution in [0.5, 0.6) is 0 Å². The molecule has 3 rings (SSSR count). The normalized spacial score (nSPS) is 21.2. The number of hydrogen-bond donors (Lipinski definition) is 2. The summed E-state index contributed by atoms with van der Waals surface area (Å²) in [6.07, 6.45) is -4.62.